The van der Waals surface area contributed by atoms with Crippen LogP contribution in [-0.4, -0.2) is 68.9 Å². The van der Waals surface area contributed by atoms with E-state index in [0.29, 0.717) is 24.4 Å². The Bertz CT molecular complexity index is 1260. The number of aliphatic carboxylic acids is 1. The Hall–Kier alpha value is -3.46. The predicted octanol–water partition coefficient (Wildman–Crippen LogP) is 2.85. The smallest absolute Gasteiger partial charge is 0.326 e. The molecule has 0 radical (unpaired) electrons. The van der Waals surface area contributed by atoms with Crippen LogP contribution in [0.25, 0.3) is 10.9 Å². The minimum atomic E-state index is -1.01. The van der Waals surface area contributed by atoms with Crippen LogP contribution >= 0.6 is 0 Å². The second-order valence-corrected chi connectivity index (χ2v) is 10.0. The molecule has 36 heavy (non-hydrogen) atoms. The van der Waals surface area contributed by atoms with Crippen molar-refractivity contribution in [3.63, 3.8) is 0 Å². The second kappa shape index (κ2) is 10.7. The molecule has 1 unspecified atom stereocenters. The number of carbonyl (C=O) groups excluding carboxylic acids is 1. The first-order chi connectivity index (χ1) is 17.5. The summed E-state index contributed by atoms with van der Waals surface area (Å²) >= 11 is 0. The molecule has 3 aromatic rings. The highest BCUT2D eigenvalue weighted by Crippen LogP contribution is 2.24. The largest absolute Gasteiger partial charge is 0.480 e. The molecule has 2 aromatic heterocycles. The summed E-state index contributed by atoms with van der Waals surface area (Å²) in [5, 5.41) is 21.0. The predicted molar refractivity (Wildman–Crippen MR) is 138 cm³/mol. The number of nitrogens with zero attached hydrogens (tertiary/aromatic N) is 4. The van der Waals surface area contributed by atoms with Crippen LogP contribution in [0.3, 0.4) is 0 Å². The van der Waals surface area contributed by atoms with E-state index >= 15 is 0 Å². The van der Waals surface area contributed by atoms with Crippen molar-refractivity contribution < 1.29 is 14.7 Å². The maximum absolute atomic E-state index is 12.8. The van der Waals surface area contributed by atoms with E-state index in [4.69, 9.17) is 4.98 Å². The summed E-state index contributed by atoms with van der Waals surface area (Å²) in [7, 11) is 1.81. The third-order valence-corrected chi connectivity index (χ3v) is 7.48. The quantitative estimate of drug-likeness (QED) is 0.423. The standard InChI is InChI=1S/C27H34N6O3/c1-32-24-15-20(5-6-21(24)16-29-32)26(34)31-23(27(35)36)11-14-33-13-10-18(17-33)4-8-22-9-7-19-3-2-12-28-25(19)30-22/h5-7,9,15-16,18,23H,2-4,8,10-14,17H2,1H3,(H,28,30)(H,31,34)(H,35,36)/t18-,23?/m0/s1. The van der Waals surface area contributed by atoms with Gasteiger partial charge in [-0.3, -0.25) is 9.48 Å². The van der Waals surface area contributed by atoms with Gasteiger partial charge in [-0.15, -0.1) is 0 Å². The molecule has 0 saturated carbocycles. The summed E-state index contributed by atoms with van der Waals surface area (Å²) in [6.07, 6.45) is 7.53. The number of carboxylic acid groups (broad SMARTS) is 1. The molecule has 0 spiro atoms. The first-order valence-electron chi connectivity index (χ1n) is 12.9. The van der Waals surface area contributed by atoms with Crippen LogP contribution < -0.4 is 10.6 Å². The lowest BCUT2D eigenvalue weighted by Gasteiger charge is -2.20. The van der Waals surface area contributed by atoms with Gasteiger partial charge >= 0.3 is 5.97 Å². The van der Waals surface area contributed by atoms with Gasteiger partial charge in [0, 0.05) is 43.3 Å². The third kappa shape index (κ3) is 5.51. The lowest BCUT2D eigenvalue weighted by molar-refractivity contribution is -0.139. The van der Waals surface area contributed by atoms with Gasteiger partial charge in [0.1, 0.15) is 11.9 Å². The van der Waals surface area contributed by atoms with Gasteiger partial charge in [0.2, 0.25) is 0 Å². The van der Waals surface area contributed by atoms with E-state index < -0.39 is 12.0 Å². The summed E-state index contributed by atoms with van der Waals surface area (Å²) in [5.41, 5.74) is 3.72. The van der Waals surface area contributed by atoms with Gasteiger partial charge < -0.3 is 20.6 Å². The molecule has 1 aromatic carbocycles. The number of pyridine rings is 1. The Labute approximate surface area is 210 Å². The molecule has 2 aliphatic heterocycles. The molecular weight excluding hydrogens is 456 g/mol. The fraction of sp³-hybridized carbons (Fsp3) is 0.481. The van der Waals surface area contributed by atoms with E-state index in [2.05, 4.69) is 32.8 Å². The molecule has 2 aliphatic rings. The molecular formula is C27H34N6O3. The van der Waals surface area contributed by atoms with Crippen molar-refractivity contribution in [3.8, 4) is 0 Å². The molecule has 0 bridgehead atoms. The molecule has 4 heterocycles. The van der Waals surface area contributed by atoms with Crippen molar-refractivity contribution in [3.05, 3.63) is 53.3 Å². The van der Waals surface area contributed by atoms with E-state index in [1.54, 1.807) is 23.0 Å². The van der Waals surface area contributed by atoms with E-state index in [1.165, 1.54) is 12.0 Å². The number of carbonyl (C=O) groups is 2. The molecule has 1 amide bonds. The Morgan fingerprint density at radius 2 is 2.17 bits per heavy atom. The first kappa shape index (κ1) is 24.2. The van der Waals surface area contributed by atoms with E-state index in [-0.39, 0.29) is 5.91 Å². The minimum Gasteiger partial charge on any atom is -0.480 e. The van der Waals surface area contributed by atoms with Gasteiger partial charge in [-0.25, -0.2) is 9.78 Å². The number of aromatic nitrogens is 3. The Kier molecular flexibility index (Phi) is 7.18. The monoisotopic (exact) mass is 490 g/mol. The summed E-state index contributed by atoms with van der Waals surface area (Å²) in [6, 6.07) is 8.72. The molecule has 3 N–H and O–H groups in total. The minimum absolute atomic E-state index is 0.375. The fourth-order valence-corrected chi connectivity index (χ4v) is 5.31. The van der Waals surface area contributed by atoms with Crippen molar-refractivity contribution in [1.29, 1.82) is 0 Å². The van der Waals surface area contributed by atoms with Gasteiger partial charge in [-0.2, -0.15) is 5.10 Å². The lowest BCUT2D eigenvalue weighted by Crippen LogP contribution is -2.43. The SMILES string of the molecule is Cn1ncc2ccc(C(=O)NC(CCN3CC[C@H](CCc4ccc5c(n4)NCCC5)C3)C(=O)O)cc21. The molecule has 1 fully saturated rings. The van der Waals surface area contributed by atoms with Crippen LogP contribution in [-0.2, 0) is 24.7 Å². The van der Waals surface area contributed by atoms with E-state index in [9.17, 15) is 14.7 Å². The maximum atomic E-state index is 12.8. The van der Waals surface area contributed by atoms with Crippen molar-refractivity contribution in [1.82, 2.24) is 25.0 Å². The third-order valence-electron chi connectivity index (χ3n) is 7.48. The Morgan fingerprint density at radius 3 is 3.03 bits per heavy atom. The van der Waals surface area contributed by atoms with Crippen molar-refractivity contribution >= 4 is 28.6 Å². The number of hydrogen-bond donors (Lipinski definition) is 3. The van der Waals surface area contributed by atoms with Gasteiger partial charge in [-0.05, 0) is 74.8 Å². The summed E-state index contributed by atoms with van der Waals surface area (Å²) in [4.78, 5) is 31.8. The van der Waals surface area contributed by atoms with Gasteiger partial charge in [0.05, 0.1) is 11.7 Å². The number of anilines is 1. The Morgan fingerprint density at radius 1 is 1.28 bits per heavy atom. The number of fused-ring (bicyclic) bond motifs is 2. The Balaban J connectivity index is 1.10. The van der Waals surface area contributed by atoms with E-state index in [0.717, 1.165) is 67.7 Å². The topological polar surface area (TPSA) is 112 Å². The number of nitrogens with one attached hydrogen (secondary N) is 2. The number of aryl methyl sites for hydroxylation is 3. The van der Waals surface area contributed by atoms with Gasteiger partial charge in [0.15, 0.2) is 0 Å². The molecule has 9 heteroatoms. The number of hydrogen-bond acceptors (Lipinski definition) is 6. The zero-order valence-electron chi connectivity index (χ0n) is 20.7. The van der Waals surface area contributed by atoms with Crippen LogP contribution in [0, 0.1) is 5.92 Å². The summed E-state index contributed by atoms with van der Waals surface area (Å²) in [6.45, 7) is 3.57. The van der Waals surface area contributed by atoms with Crippen molar-refractivity contribution in [2.24, 2.45) is 13.0 Å². The van der Waals surface area contributed by atoms with Crippen molar-refractivity contribution in [2.75, 3.05) is 31.5 Å². The zero-order chi connectivity index (χ0) is 25.1. The molecule has 9 nitrogen and oxygen atoms in total. The van der Waals surface area contributed by atoms with Crippen LogP contribution in [0.4, 0.5) is 5.82 Å². The average Bonchev–Trinajstić information content (AvgIpc) is 3.50. The summed E-state index contributed by atoms with van der Waals surface area (Å²) < 4.78 is 1.70. The first-order valence-corrected chi connectivity index (χ1v) is 12.9. The van der Waals surface area contributed by atoms with Gasteiger partial charge in [0.25, 0.3) is 5.91 Å². The van der Waals surface area contributed by atoms with Crippen LogP contribution in [0.15, 0.2) is 36.5 Å². The molecule has 0 aliphatic carbocycles. The maximum Gasteiger partial charge on any atom is 0.326 e. The highest BCUT2D eigenvalue weighted by atomic mass is 16.4. The zero-order valence-corrected chi connectivity index (χ0v) is 20.7. The van der Waals surface area contributed by atoms with Crippen LogP contribution in [0.2, 0.25) is 0 Å². The van der Waals surface area contributed by atoms with Crippen molar-refractivity contribution in [2.45, 2.75) is 44.6 Å². The normalized spacial score (nSPS) is 18.5. The molecule has 5 rings (SSSR count). The van der Waals surface area contributed by atoms with Gasteiger partial charge in [-0.1, -0.05) is 12.1 Å². The second-order valence-electron chi connectivity index (χ2n) is 10.0. The summed E-state index contributed by atoms with van der Waals surface area (Å²) in [5.74, 6) is 0.248. The number of benzene rings is 1. The number of carboxylic acids is 1. The molecule has 2 atom stereocenters. The van der Waals surface area contributed by atoms with Crippen LogP contribution in [0.1, 0.15) is 47.3 Å². The average molecular weight is 491 g/mol. The highest BCUT2D eigenvalue weighted by Gasteiger charge is 2.26. The number of likely N-dealkylation sites (tertiary alicyclic amines) is 1. The molecule has 1 saturated heterocycles. The fourth-order valence-electron chi connectivity index (χ4n) is 5.31. The van der Waals surface area contributed by atoms with E-state index in [1.807, 2.05) is 13.1 Å². The van der Waals surface area contributed by atoms with Crippen LogP contribution in [0.5, 0.6) is 0 Å². The highest BCUT2D eigenvalue weighted by molar-refractivity contribution is 5.99. The number of rotatable bonds is 9. The number of amides is 1. The molecule has 190 valence electrons. The lowest BCUT2D eigenvalue weighted by atomic mass is 10.00.